The smallest absolute Gasteiger partial charge is 0.0466 e. The van der Waals surface area contributed by atoms with E-state index in [0.29, 0.717) is 0 Å². The molecule has 0 bridgehead atoms. The van der Waals surface area contributed by atoms with Crippen LogP contribution in [0.2, 0.25) is 0 Å². The Balaban J connectivity index is 0. The summed E-state index contributed by atoms with van der Waals surface area (Å²) in [7, 11) is 1.85. The van der Waals surface area contributed by atoms with Gasteiger partial charge >= 0.3 is 0 Å². The van der Waals surface area contributed by atoms with Gasteiger partial charge < -0.3 is 10.1 Å². The van der Waals surface area contributed by atoms with Gasteiger partial charge in [0, 0.05) is 45.9 Å². The van der Waals surface area contributed by atoms with E-state index >= 15 is 0 Å². The van der Waals surface area contributed by atoms with Gasteiger partial charge in [0.25, 0.3) is 0 Å². The van der Waals surface area contributed by atoms with E-state index in [-0.39, 0.29) is 32.7 Å². The second-order valence-corrected chi connectivity index (χ2v) is 3.54. The minimum absolute atomic E-state index is 0. The zero-order chi connectivity index (χ0) is 9.23. The molecule has 77 valence electrons. The molecule has 0 amide bonds. The second kappa shape index (κ2) is 13.0. The van der Waals surface area contributed by atoms with Crippen LogP contribution < -0.4 is 0 Å². The van der Waals surface area contributed by atoms with Crippen LogP contribution in [0.4, 0.5) is 0 Å². The van der Waals surface area contributed by atoms with E-state index in [1.54, 1.807) is 0 Å². The van der Waals surface area contributed by atoms with E-state index in [9.17, 15) is 0 Å². The molecule has 3 heteroatoms. The molecule has 1 radical (unpaired) electrons. The number of rotatable bonds is 8. The molecule has 0 saturated heterocycles. The van der Waals surface area contributed by atoms with Crippen LogP contribution in [0, 0.1) is 5.92 Å². The van der Waals surface area contributed by atoms with E-state index in [1.807, 2.05) is 7.05 Å². The Hall–Kier alpha value is 1.02. The Morgan fingerprint density at radius 2 is 1.77 bits per heavy atom. The van der Waals surface area contributed by atoms with Crippen molar-refractivity contribution in [3.8, 4) is 0 Å². The largest absolute Gasteiger partial charge is 0.665 e. The molecule has 0 aromatic rings. The molecule has 0 rings (SSSR count). The van der Waals surface area contributed by atoms with E-state index in [2.05, 4.69) is 19.2 Å². The number of hydrogen-bond acceptors (Lipinski definition) is 1. The summed E-state index contributed by atoms with van der Waals surface area (Å²) in [5.41, 5.74) is 0. The molecule has 0 fully saturated rings. The molecule has 0 heterocycles. The van der Waals surface area contributed by atoms with Crippen LogP contribution in [0.25, 0.3) is 5.32 Å². The molecule has 0 atom stereocenters. The van der Waals surface area contributed by atoms with Crippen molar-refractivity contribution in [1.29, 1.82) is 0 Å². The number of ether oxygens (including phenoxy) is 1. The SMILES string of the molecule is C[N-]CCCOCCCC(C)C.[Y]. The molecule has 0 spiro atoms. The minimum atomic E-state index is 0. The van der Waals surface area contributed by atoms with Crippen molar-refractivity contribution in [3.63, 3.8) is 0 Å². The maximum atomic E-state index is 5.43. The van der Waals surface area contributed by atoms with E-state index in [0.717, 1.165) is 32.1 Å². The van der Waals surface area contributed by atoms with Crippen LogP contribution in [-0.4, -0.2) is 26.8 Å². The molecule has 0 aliphatic rings. The van der Waals surface area contributed by atoms with Gasteiger partial charge in [0.1, 0.15) is 0 Å². The third kappa shape index (κ3) is 15.8. The molecule has 0 saturated carbocycles. The van der Waals surface area contributed by atoms with Crippen molar-refractivity contribution in [2.45, 2.75) is 33.1 Å². The van der Waals surface area contributed by atoms with Gasteiger partial charge in [0.2, 0.25) is 0 Å². The first-order valence-corrected chi connectivity index (χ1v) is 4.90. The van der Waals surface area contributed by atoms with Gasteiger partial charge in [0.15, 0.2) is 0 Å². The zero-order valence-electron chi connectivity index (χ0n) is 9.25. The summed E-state index contributed by atoms with van der Waals surface area (Å²) in [6, 6.07) is 0. The van der Waals surface area contributed by atoms with Crippen molar-refractivity contribution in [1.82, 2.24) is 0 Å². The average Bonchev–Trinajstić information content (AvgIpc) is 2.02. The van der Waals surface area contributed by atoms with Crippen LogP contribution in [0.1, 0.15) is 33.1 Å². The maximum Gasteiger partial charge on any atom is 0.0466 e. The molecule has 0 aromatic heterocycles. The van der Waals surface area contributed by atoms with Crippen molar-refractivity contribution in [2.75, 3.05) is 26.8 Å². The first-order valence-electron chi connectivity index (χ1n) is 4.90. The Kier molecular flexibility index (Phi) is 16.5. The van der Waals surface area contributed by atoms with Crippen LogP contribution in [-0.2, 0) is 37.4 Å². The fourth-order valence-electron chi connectivity index (χ4n) is 1.02. The summed E-state index contributed by atoms with van der Waals surface area (Å²) in [5.74, 6) is 0.805. The van der Waals surface area contributed by atoms with Gasteiger partial charge in [-0.3, -0.25) is 0 Å². The molecule has 2 nitrogen and oxygen atoms in total. The van der Waals surface area contributed by atoms with Crippen molar-refractivity contribution < 1.29 is 37.4 Å². The van der Waals surface area contributed by atoms with Gasteiger partial charge in [-0.1, -0.05) is 13.8 Å². The number of nitrogens with zero attached hydrogens (tertiary/aromatic N) is 1. The standard InChI is InChI=1S/C10H22NO.Y/c1-10(2)6-4-8-12-9-5-7-11-3;/h10H,4-9H2,1-3H3;/q-1;. The topological polar surface area (TPSA) is 23.3 Å². The Labute approximate surface area is 108 Å². The van der Waals surface area contributed by atoms with E-state index in [1.165, 1.54) is 12.8 Å². The van der Waals surface area contributed by atoms with Gasteiger partial charge in [-0.05, 0) is 25.2 Å². The summed E-state index contributed by atoms with van der Waals surface area (Å²) >= 11 is 0. The Morgan fingerprint density at radius 1 is 1.15 bits per heavy atom. The molecule has 0 N–H and O–H groups in total. The van der Waals surface area contributed by atoms with Crippen molar-refractivity contribution >= 4 is 0 Å². The minimum Gasteiger partial charge on any atom is -0.665 e. The monoisotopic (exact) mass is 261 g/mol. The summed E-state index contributed by atoms with van der Waals surface area (Å²) in [6.45, 7) is 7.22. The van der Waals surface area contributed by atoms with Crippen molar-refractivity contribution in [3.05, 3.63) is 5.32 Å². The first-order chi connectivity index (χ1) is 5.77. The van der Waals surface area contributed by atoms with Crippen molar-refractivity contribution in [2.24, 2.45) is 5.92 Å². The quantitative estimate of drug-likeness (QED) is 0.616. The van der Waals surface area contributed by atoms with Gasteiger partial charge in [-0.15, -0.1) is 6.54 Å². The third-order valence-corrected chi connectivity index (χ3v) is 1.74. The van der Waals surface area contributed by atoms with Crippen LogP contribution in [0.5, 0.6) is 0 Å². The molecule has 0 aliphatic heterocycles. The summed E-state index contributed by atoms with van der Waals surface area (Å²) in [6.07, 6.45) is 3.54. The molecular weight excluding hydrogens is 239 g/mol. The van der Waals surface area contributed by atoms with E-state index in [4.69, 9.17) is 4.74 Å². The predicted molar refractivity (Wildman–Crippen MR) is 53.7 cm³/mol. The van der Waals surface area contributed by atoms with Crippen LogP contribution in [0.3, 0.4) is 0 Å². The van der Waals surface area contributed by atoms with Crippen LogP contribution >= 0.6 is 0 Å². The molecule has 13 heavy (non-hydrogen) atoms. The zero-order valence-corrected chi connectivity index (χ0v) is 12.1. The first kappa shape index (κ1) is 16.5. The Morgan fingerprint density at radius 3 is 2.31 bits per heavy atom. The summed E-state index contributed by atoms with van der Waals surface area (Å²) in [5, 5.41) is 4.00. The molecule has 0 unspecified atom stereocenters. The summed E-state index contributed by atoms with van der Waals surface area (Å²) < 4.78 is 5.43. The predicted octanol–water partition coefficient (Wildman–Crippen LogP) is 2.83. The molecule has 0 aromatic carbocycles. The Bertz CT molecular complexity index is 89.0. The van der Waals surface area contributed by atoms with Gasteiger partial charge in [-0.25, -0.2) is 0 Å². The summed E-state index contributed by atoms with van der Waals surface area (Å²) in [4.78, 5) is 0. The fourth-order valence-corrected chi connectivity index (χ4v) is 1.02. The third-order valence-electron chi connectivity index (χ3n) is 1.74. The average molecular weight is 261 g/mol. The van der Waals surface area contributed by atoms with Crippen LogP contribution in [0.15, 0.2) is 0 Å². The molecule has 0 aliphatic carbocycles. The van der Waals surface area contributed by atoms with Gasteiger partial charge in [0.05, 0.1) is 0 Å². The fraction of sp³-hybridized carbons (Fsp3) is 1.00. The van der Waals surface area contributed by atoms with Gasteiger partial charge in [-0.2, -0.15) is 7.05 Å². The van der Waals surface area contributed by atoms with E-state index < -0.39 is 0 Å². The number of hydrogen-bond donors (Lipinski definition) is 0. The second-order valence-electron chi connectivity index (χ2n) is 3.54. The maximum absolute atomic E-state index is 5.43. The normalized spacial score (nSPS) is 10.2. The molecular formula is C10H22NOY-.